The van der Waals surface area contributed by atoms with Crippen molar-refractivity contribution in [3.05, 3.63) is 35.9 Å². The largest absolute Gasteiger partial charge is 0.444 e. The van der Waals surface area contributed by atoms with E-state index in [-0.39, 0.29) is 6.42 Å². The number of alkyl carbamates (subject to hydrolysis) is 1. The molecule has 0 saturated heterocycles. The minimum atomic E-state index is -0.914. The highest BCUT2D eigenvalue weighted by Crippen LogP contribution is 2.08. The minimum Gasteiger partial charge on any atom is -0.444 e. The van der Waals surface area contributed by atoms with Gasteiger partial charge in [-0.2, -0.15) is 0 Å². The number of hydrogen-bond donors (Lipinski definition) is 3. The summed E-state index contributed by atoms with van der Waals surface area (Å²) < 4.78 is 5.02. The van der Waals surface area contributed by atoms with Crippen LogP contribution in [0.1, 0.15) is 33.3 Å². The van der Waals surface area contributed by atoms with Crippen LogP contribution in [0, 0.1) is 0 Å². The van der Waals surface area contributed by atoms with E-state index in [0.717, 1.165) is 10.6 Å². The molecule has 0 aliphatic rings. The van der Waals surface area contributed by atoms with Gasteiger partial charge in [-0.1, -0.05) is 30.3 Å². The molecule has 0 heterocycles. The zero-order valence-electron chi connectivity index (χ0n) is 18.1. The number of nitrogens with zero attached hydrogens (tertiary/aromatic N) is 1. The predicted octanol–water partition coefficient (Wildman–Crippen LogP) is 0.269. The number of carbonyl (C=O) groups excluding carboxylic acids is 5. The van der Waals surface area contributed by atoms with Crippen LogP contribution in [0.15, 0.2) is 30.3 Å². The highest BCUT2D eigenvalue weighted by Gasteiger charge is 2.26. The van der Waals surface area contributed by atoms with Crippen molar-refractivity contribution in [1.29, 1.82) is 0 Å². The van der Waals surface area contributed by atoms with Gasteiger partial charge in [-0.3, -0.25) is 19.4 Å². The average molecular weight is 433 g/mol. The van der Waals surface area contributed by atoms with Gasteiger partial charge in [0.25, 0.3) is 5.91 Å². The molecule has 0 aliphatic heterocycles. The molecule has 0 aliphatic carbocycles. The monoisotopic (exact) mass is 433 g/mol. The van der Waals surface area contributed by atoms with Gasteiger partial charge in [-0.05, 0) is 33.3 Å². The molecule has 10 nitrogen and oxygen atoms in total. The number of carbonyl (C=O) groups is 4. The molecular formula is C21H29N4O6. The van der Waals surface area contributed by atoms with Gasteiger partial charge in [0.15, 0.2) is 0 Å². The number of nitrogens with one attached hydrogen (secondary N) is 3. The van der Waals surface area contributed by atoms with Crippen LogP contribution in [0.2, 0.25) is 0 Å². The van der Waals surface area contributed by atoms with Crippen molar-refractivity contribution < 1.29 is 28.7 Å². The van der Waals surface area contributed by atoms with Gasteiger partial charge in [0.05, 0.1) is 12.6 Å². The maximum absolute atomic E-state index is 12.7. The van der Waals surface area contributed by atoms with Crippen molar-refractivity contribution >= 4 is 30.5 Å². The highest BCUT2D eigenvalue weighted by molar-refractivity contribution is 5.88. The van der Waals surface area contributed by atoms with Crippen LogP contribution < -0.4 is 16.1 Å². The second-order valence-electron chi connectivity index (χ2n) is 7.76. The molecular weight excluding hydrogens is 404 g/mol. The molecule has 0 saturated carbocycles. The Morgan fingerprint density at radius 3 is 2.32 bits per heavy atom. The van der Waals surface area contributed by atoms with E-state index in [2.05, 4.69) is 16.1 Å². The minimum absolute atomic E-state index is 0.211. The van der Waals surface area contributed by atoms with E-state index in [1.165, 1.54) is 6.92 Å². The summed E-state index contributed by atoms with van der Waals surface area (Å²) in [7, 11) is 0. The van der Waals surface area contributed by atoms with Crippen molar-refractivity contribution in [3.8, 4) is 0 Å². The van der Waals surface area contributed by atoms with Gasteiger partial charge in [0.2, 0.25) is 12.2 Å². The summed E-state index contributed by atoms with van der Waals surface area (Å²) in [6, 6.07) is 7.27. The van der Waals surface area contributed by atoms with Crippen molar-refractivity contribution in [2.24, 2.45) is 0 Å². The molecule has 0 unspecified atom stereocenters. The SMILES string of the molecule is C[C@@H]([C]=O)NN(C(=O)CNC(=O)CNC(=O)OC(C)(C)C)[C@H](C=O)Cc1ccccc1. The van der Waals surface area contributed by atoms with E-state index in [4.69, 9.17) is 4.74 Å². The Kier molecular flexibility index (Phi) is 10.3. The summed E-state index contributed by atoms with van der Waals surface area (Å²) in [4.78, 5) is 58.8. The zero-order valence-corrected chi connectivity index (χ0v) is 18.1. The Bertz CT molecular complexity index is 763. The number of aldehydes is 1. The van der Waals surface area contributed by atoms with E-state index >= 15 is 0 Å². The van der Waals surface area contributed by atoms with E-state index in [1.807, 2.05) is 6.07 Å². The first-order valence-electron chi connectivity index (χ1n) is 9.74. The molecule has 0 bridgehead atoms. The van der Waals surface area contributed by atoms with E-state index in [0.29, 0.717) is 6.29 Å². The van der Waals surface area contributed by atoms with Crippen LogP contribution in [0.5, 0.6) is 0 Å². The molecule has 3 N–H and O–H groups in total. The Hall–Kier alpha value is -3.27. The van der Waals surface area contributed by atoms with Gasteiger partial charge in [-0.25, -0.2) is 10.2 Å². The van der Waals surface area contributed by atoms with Crippen LogP contribution in [0.4, 0.5) is 4.79 Å². The van der Waals surface area contributed by atoms with Gasteiger partial charge in [0, 0.05) is 6.42 Å². The van der Waals surface area contributed by atoms with Crippen molar-refractivity contribution in [2.75, 3.05) is 13.1 Å². The average Bonchev–Trinajstić information content (AvgIpc) is 2.72. The van der Waals surface area contributed by atoms with Crippen molar-refractivity contribution in [3.63, 3.8) is 0 Å². The lowest BCUT2D eigenvalue weighted by atomic mass is 10.1. The number of hydrazine groups is 1. The van der Waals surface area contributed by atoms with Crippen LogP contribution in [0.25, 0.3) is 0 Å². The number of rotatable bonds is 11. The molecule has 1 aromatic rings. The third-order valence-electron chi connectivity index (χ3n) is 3.78. The maximum atomic E-state index is 12.7. The molecule has 1 aromatic carbocycles. The lowest BCUT2D eigenvalue weighted by Gasteiger charge is -2.30. The molecule has 1 rings (SSSR count). The molecule has 3 amide bonds. The molecule has 1 radical (unpaired) electrons. The number of benzene rings is 1. The fraction of sp³-hybridized carbons (Fsp3) is 0.476. The van der Waals surface area contributed by atoms with Gasteiger partial charge in [0.1, 0.15) is 24.5 Å². The first kappa shape index (κ1) is 25.8. The Morgan fingerprint density at radius 2 is 1.77 bits per heavy atom. The zero-order chi connectivity index (χ0) is 23.4. The predicted molar refractivity (Wildman–Crippen MR) is 112 cm³/mol. The standard InChI is InChI=1S/C21H29N4O6/c1-15(13-26)24-25(17(14-27)10-16-8-6-5-7-9-16)19(29)12-22-18(28)11-23-20(30)31-21(2,3)4/h5-9,14-15,17,24H,10-12H2,1-4H3,(H,22,28)(H,23,30)/t15-,17-/m0/s1. The van der Waals surface area contributed by atoms with Crippen LogP contribution >= 0.6 is 0 Å². The van der Waals surface area contributed by atoms with Gasteiger partial charge < -0.3 is 20.2 Å². The summed E-state index contributed by atoms with van der Waals surface area (Å²) in [5, 5.41) is 5.65. The first-order chi connectivity index (χ1) is 14.6. The molecule has 10 heteroatoms. The van der Waals surface area contributed by atoms with E-state index in [1.54, 1.807) is 51.3 Å². The Morgan fingerprint density at radius 1 is 1.13 bits per heavy atom. The number of amides is 3. The lowest BCUT2D eigenvalue weighted by Crippen LogP contribution is -2.57. The summed E-state index contributed by atoms with van der Waals surface area (Å²) >= 11 is 0. The quantitative estimate of drug-likeness (QED) is 0.337. The van der Waals surface area contributed by atoms with Gasteiger partial charge >= 0.3 is 6.09 Å². The van der Waals surface area contributed by atoms with Crippen molar-refractivity contribution in [1.82, 2.24) is 21.1 Å². The second kappa shape index (κ2) is 12.4. The number of ether oxygens (including phenoxy) is 1. The van der Waals surface area contributed by atoms with Gasteiger partial charge in [-0.15, -0.1) is 0 Å². The maximum Gasteiger partial charge on any atom is 0.408 e. The molecule has 0 fully saturated rings. The fourth-order valence-electron chi connectivity index (χ4n) is 2.43. The third kappa shape index (κ3) is 10.4. The van der Waals surface area contributed by atoms with Crippen LogP contribution in [0.3, 0.4) is 0 Å². The molecule has 2 atom stereocenters. The van der Waals surface area contributed by atoms with Crippen LogP contribution in [-0.2, 0) is 30.3 Å². The molecule has 169 valence electrons. The topological polar surface area (TPSA) is 134 Å². The number of hydrogen-bond acceptors (Lipinski definition) is 7. The highest BCUT2D eigenvalue weighted by atomic mass is 16.6. The normalized spacial score (nSPS) is 12.8. The Balaban J connectivity index is 2.70. The molecule has 0 spiro atoms. The van der Waals surface area contributed by atoms with E-state index < -0.39 is 48.7 Å². The second-order valence-corrected chi connectivity index (χ2v) is 7.76. The lowest BCUT2D eigenvalue weighted by molar-refractivity contribution is -0.140. The van der Waals surface area contributed by atoms with Crippen LogP contribution in [-0.4, -0.2) is 66.3 Å². The third-order valence-corrected chi connectivity index (χ3v) is 3.78. The molecule has 31 heavy (non-hydrogen) atoms. The first-order valence-corrected chi connectivity index (χ1v) is 9.74. The molecule has 0 aromatic heterocycles. The van der Waals surface area contributed by atoms with Crippen molar-refractivity contribution in [2.45, 2.75) is 51.8 Å². The van der Waals surface area contributed by atoms with E-state index in [9.17, 15) is 24.0 Å². The summed E-state index contributed by atoms with van der Waals surface area (Å²) in [5.41, 5.74) is 2.73. The summed E-state index contributed by atoms with van der Waals surface area (Å²) in [6.45, 7) is 5.68. The summed E-state index contributed by atoms with van der Waals surface area (Å²) in [5.74, 6) is -1.26. The Labute approximate surface area is 181 Å². The smallest absolute Gasteiger partial charge is 0.408 e. The fourth-order valence-corrected chi connectivity index (χ4v) is 2.43. The summed E-state index contributed by atoms with van der Waals surface area (Å²) in [6.07, 6.45) is 1.72.